The number of nitrogens with one attached hydrogen (secondary N) is 1. The normalized spacial score (nSPS) is 13.7. The number of carbonyl (C=O) groups excluding carboxylic acids is 1. The molecule has 2 N–H and O–H groups in total. The first-order chi connectivity index (χ1) is 15.0. The summed E-state index contributed by atoms with van der Waals surface area (Å²) in [5.41, 5.74) is 1.61. The number of nitrogens with zero attached hydrogens (tertiary/aromatic N) is 3. The van der Waals surface area contributed by atoms with Crippen molar-refractivity contribution in [2.75, 3.05) is 41.3 Å². The second-order valence-electron chi connectivity index (χ2n) is 7.16. The van der Waals surface area contributed by atoms with Gasteiger partial charge in [-0.1, -0.05) is 22.0 Å². The number of hydrogen-bond acceptors (Lipinski definition) is 5. The summed E-state index contributed by atoms with van der Waals surface area (Å²) in [6.45, 7) is 3.09. The van der Waals surface area contributed by atoms with Crippen LogP contribution in [0.4, 0.5) is 17.2 Å². The van der Waals surface area contributed by atoms with Gasteiger partial charge in [0.2, 0.25) is 0 Å². The SMILES string of the molecule is O=C(Nc1ccc(N2CCN(c3ccccn3)CC2)cc1C(=O)O)c1ccc(Br)cc1. The van der Waals surface area contributed by atoms with Gasteiger partial charge in [-0.2, -0.15) is 0 Å². The molecule has 1 fully saturated rings. The number of rotatable bonds is 5. The Hall–Kier alpha value is -3.39. The van der Waals surface area contributed by atoms with Crippen molar-refractivity contribution in [2.24, 2.45) is 0 Å². The number of benzene rings is 2. The number of anilines is 3. The average Bonchev–Trinajstić information content (AvgIpc) is 2.80. The standard InChI is InChI=1S/C23H21BrN4O3/c24-17-6-4-16(5-7-17)22(29)26-20-9-8-18(15-19(20)23(30)31)27-11-13-28(14-12-27)21-3-1-2-10-25-21/h1-10,15H,11-14H2,(H,26,29)(H,30,31). The maximum Gasteiger partial charge on any atom is 0.337 e. The average molecular weight is 481 g/mol. The highest BCUT2D eigenvalue weighted by atomic mass is 79.9. The molecule has 3 aromatic rings. The predicted molar refractivity (Wildman–Crippen MR) is 124 cm³/mol. The summed E-state index contributed by atoms with van der Waals surface area (Å²) in [5.74, 6) is -0.494. The zero-order valence-corrected chi connectivity index (χ0v) is 18.2. The molecule has 0 unspecified atom stereocenters. The molecular weight excluding hydrogens is 460 g/mol. The van der Waals surface area contributed by atoms with E-state index in [0.717, 1.165) is 42.2 Å². The van der Waals surface area contributed by atoms with Crippen molar-refractivity contribution in [2.45, 2.75) is 0 Å². The van der Waals surface area contributed by atoms with Crippen molar-refractivity contribution >= 4 is 45.0 Å². The summed E-state index contributed by atoms with van der Waals surface area (Å²) >= 11 is 3.33. The number of hydrogen-bond donors (Lipinski definition) is 2. The molecule has 2 aromatic carbocycles. The smallest absolute Gasteiger partial charge is 0.337 e. The first-order valence-electron chi connectivity index (χ1n) is 9.86. The number of carbonyl (C=O) groups is 2. The first kappa shape index (κ1) is 20.9. The number of carboxylic acids is 1. The summed E-state index contributed by atoms with van der Waals surface area (Å²) < 4.78 is 0.864. The largest absolute Gasteiger partial charge is 0.478 e. The van der Waals surface area contributed by atoms with Crippen LogP contribution in [0.5, 0.6) is 0 Å². The van der Waals surface area contributed by atoms with Gasteiger partial charge in [-0.05, 0) is 54.6 Å². The molecule has 0 atom stereocenters. The molecule has 0 bridgehead atoms. The molecule has 158 valence electrons. The summed E-state index contributed by atoms with van der Waals surface area (Å²) in [4.78, 5) is 33.1. The molecule has 0 saturated carbocycles. The first-order valence-corrected chi connectivity index (χ1v) is 10.7. The Morgan fingerprint density at radius 1 is 0.935 bits per heavy atom. The molecule has 7 nitrogen and oxygen atoms in total. The van der Waals surface area contributed by atoms with Crippen molar-refractivity contribution in [3.63, 3.8) is 0 Å². The number of carboxylic acid groups (broad SMARTS) is 1. The van der Waals surface area contributed by atoms with Gasteiger partial charge in [0.05, 0.1) is 11.3 Å². The fourth-order valence-corrected chi connectivity index (χ4v) is 3.81. The van der Waals surface area contributed by atoms with Crippen LogP contribution in [0.25, 0.3) is 0 Å². The van der Waals surface area contributed by atoms with Gasteiger partial charge in [0.25, 0.3) is 5.91 Å². The maximum absolute atomic E-state index is 12.5. The van der Waals surface area contributed by atoms with Gasteiger partial charge in [0.1, 0.15) is 5.82 Å². The minimum atomic E-state index is -1.08. The number of aromatic carboxylic acids is 1. The lowest BCUT2D eigenvalue weighted by atomic mass is 10.1. The van der Waals surface area contributed by atoms with E-state index < -0.39 is 5.97 Å². The molecule has 0 radical (unpaired) electrons. The van der Waals surface area contributed by atoms with E-state index >= 15 is 0 Å². The van der Waals surface area contributed by atoms with E-state index in [2.05, 4.69) is 36.0 Å². The van der Waals surface area contributed by atoms with Crippen LogP contribution in [-0.4, -0.2) is 48.1 Å². The Labute approximate surface area is 188 Å². The Morgan fingerprint density at radius 2 is 1.65 bits per heavy atom. The third kappa shape index (κ3) is 4.86. The second kappa shape index (κ2) is 9.18. The Balaban J connectivity index is 1.48. The molecular formula is C23H21BrN4O3. The van der Waals surface area contributed by atoms with Crippen LogP contribution in [-0.2, 0) is 0 Å². The summed E-state index contributed by atoms with van der Waals surface area (Å²) in [5, 5.41) is 12.4. The van der Waals surface area contributed by atoms with Gasteiger partial charge in [-0.3, -0.25) is 4.79 Å². The van der Waals surface area contributed by atoms with Crippen LogP contribution >= 0.6 is 15.9 Å². The van der Waals surface area contributed by atoms with E-state index in [9.17, 15) is 14.7 Å². The summed E-state index contributed by atoms with van der Waals surface area (Å²) in [6, 6.07) is 17.9. The van der Waals surface area contributed by atoms with Crippen molar-refractivity contribution < 1.29 is 14.7 Å². The molecule has 4 rings (SSSR count). The third-order valence-electron chi connectivity index (χ3n) is 5.21. The zero-order valence-electron chi connectivity index (χ0n) is 16.7. The van der Waals surface area contributed by atoms with Gasteiger partial charge in [0.15, 0.2) is 0 Å². The second-order valence-corrected chi connectivity index (χ2v) is 8.07. The predicted octanol–water partition coefficient (Wildman–Crippen LogP) is 4.12. The van der Waals surface area contributed by atoms with Crippen LogP contribution in [0.3, 0.4) is 0 Å². The van der Waals surface area contributed by atoms with Crippen molar-refractivity contribution in [1.29, 1.82) is 0 Å². The highest BCUT2D eigenvalue weighted by molar-refractivity contribution is 9.10. The van der Waals surface area contributed by atoms with Gasteiger partial charge in [-0.25, -0.2) is 9.78 Å². The van der Waals surface area contributed by atoms with Gasteiger partial charge in [0, 0.05) is 48.1 Å². The summed E-state index contributed by atoms with van der Waals surface area (Å²) in [7, 11) is 0. The van der Waals surface area contributed by atoms with E-state index in [4.69, 9.17) is 0 Å². The lowest BCUT2D eigenvalue weighted by Crippen LogP contribution is -2.46. The topological polar surface area (TPSA) is 85.8 Å². The fourth-order valence-electron chi connectivity index (χ4n) is 3.55. The fraction of sp³-hybridized carbons (Fsp3) is 0.174. The number of piperazine rings is 1. The number of halogens is 1. The van der Waals surface area contributed by atoms with Crippen LogP contribution in [0.1, 0.15) is 20.7 Å². The minimum absolute atomic E-state index is 0.0649. The third-order valence-corrected chi connectivity index (χ3v) is 5.73. The van der Waals surface area contributed by atoms with E-state index in [0.29, 0.717) is 5.56 Å². The minimum Gasteiger partial charge on any atom is -0.478 e. The van der Waals surface area contributed by atoms with Crippen molar-refractivity contribution in [1.82, 2.24) is 4.98 Å². The Kier molecular flexibility index (Phi) is 6.18. The molecule has 1 aliphatic rings. The molecule has 1 amide bonds. The number of amides is 1. The van der Waals surface area contributed by atoms with Gasteiger partial charge >= 0.3 is 5.97 Å². The highest BCUT2D eigenvalue weighted by Crippen LogP contribution is 2.26. The lowest BCUT2D eigenvalue weighted by Gasteiger charge is -2.36. The van der Waals surface area contributed by atoms with Gasteiger partial charge < -0.3 is 20.2 Å². The summed E-state index contributed by atoms with van der Waals surface area (Å²) in [6.07, 6.45) is 1.78. The highest BCUT2D eigenvalue weighted by Gasteiger charge is 2.21. The van der Waals surface area contributed by atoms with Crippen LogP contribution in [0.2, 0.25) is 0 Å². The Bertz CT molecular complexity index is 1080. The molecule has 1 saturated heterocycles. The maximum atomic E-state index is 12.5. The molecule has 1 aromatic heterocycles. The monoisotopic (exact) mass is 480 g/mol. The molecule has 0 spiro atoms. The molecule has 1 aliphatic heterocycles. The molecule has 31 heavy (non-hydrogen) atoms. The van der Waals surface area contributed by atoms with E-state index in [-0.39, 0.29) is 17.2 Å². The van der Waals surface area contributed by atoms with Crippen LogP contribution in [0.15, 0.2) is 71.3 Å². The molecule has 0 aliphatic carbocycles. The van der Waals surface area contributed by atoms with E-state index in [1.807, 2.05) is 24.3 Å². The Morgan fingerprint density at radius 3 is 2.29 bits per heavy atom. The zero-order chi connectivity index (χ0) is 21.8. The van der Waals surface area contributed by atoms with Gasteiger partial charge in [-0.15, -0.1) is 0 Å². The lowest BCUT2D eigenvalue weighted by molar-refractivity contribution is 0.0698. The quantitative estimate of drug-likeness (QED) is 0.571. The van der Waals surface area contributed by atoms with E-state index in [1.165, 1.54) is 0 Å². The van der Waals surface area contributed by atoms with Crippen LogP contribution < -0.4 is 15.1 Å². The van der Waals surface area contributed by atoms with E-state index in [1.54, 1.807) is 42.6 Å². The molecule has 8 heteroatoms. The van der Waals surface area contributed by atoms with Crippen molar-refractivity contribution in [3.05, 3.63) is 82.5 Å². The number of aromatic nitrogens is 1. The van der Waals surface area contributed by atoms with Crippen LogP contribution in [0, 0.1) is 0 Å². The number of pyridine rings is 1. The van der Waals surface area contributed by atoms with Crippen molar-refractivity contribution in [3.8, 4) is 0 Å². The molecule has 2 heterocycles.